The van der Waals surface area contributed by atoms with Gasteiger partial charge in [0.2, 0.25) is 0 Å². The highest BCUT2D eigenvalue weighted by Gasteiger charge is 2.33. The number of nitrogens with zero attached hydrogens (tertiary/aromatic N) is 3. The van der Waals surface area contributed by atoms with Crippen LogP contribution in [-0.4, -0.2) is 39.4 Å². The smallest absolute Gasteiger partial charge is 0.261 e. The number of aromatic nitrogens is 2. The summed E-state index contributed by atoms with van der Waals surface area (Å²) in [5.74, 6) is -0.568. The summed E-state index contributed by atoms with van der Waals surface area (Å²) in [5, 5.41) is 7.29. The molecule has 4 rings (SSSR count). The Morgan fingerprint density at radius 3 is 2.46 bits per heavy atom. The van der Waals surface area contributed by atoms with Crippen LogP contribution in [0.5, 0.6) is 0 Å². The number of carbonyl (C=O) groups is 3. The number of hydrogen-bond acceptors (Lipinski definition) is 4. The van der Waals surface area contributed by atoms with Crippen LogP contribution in [0.15, 0.2) is 54.6 Å². The van der Waals surface area contributed by atoms with Crippen LogP contribution in [0.25, 0.3) is 0 Å². The van der Waals surface area contributed by atoms with Crippen molar-refractivity contribution in [3.63, 3.8) is 0 Å². The third kappa shape index (κ3) is 3.07. The van der Waals surface area contributed by atoms with E-state index in [-0.39, 0.29) is 17.4 Å². The summed E-state index contributed by atoms with van der Waals surface area (Å²) in [6.07, 6.45) is 0. The average molecular weight is 374 g/mol. The Morgan fingerprint density at radius 2 is 1.71 bits per heavy atom. The zero-order valence-electron chi connectivity index (χ0n) is 15.5. The van der Waals surface area contributed by atoms with Gasteiger partial charge in [-0.05, 0) is 30.7 Å². The Hall–Kier alpha value is -3.74. The summed E-state index contributed by atoms with van der Waals surface area (Å²) < 4.78 is 1.72. The van der Waals surface area contributed by atoms with Crippen molar-refractivity contribution in [3.8, 4) is 0 Å². The van der Waals surface area contributed by atoms with Gasteiger partial charge in [-0.3, -0.25) is 19.3 Å². The third-order valence-corrected chi connectivity index (χ3v) is 4.67. The van der Waals surface area contributed by atoms with Crippen LogP contribution < -0.4 is 5.32 Å². The molecule has 0 bridgehead atoms. The van der Waals surface area contributed by atoms with E-state index in [4.69, 9.17) is 0 Å². The Morgan fingerprint density at radius 1 is 1.00 bits per heavy atom. The molecule has 7 nitrogen and oxygen atoms in total. The monoisotopic (exact) mass is 374 g/mol. The molecule has 1 aromatic heterocycles. The van der Waals surface area contributed by atoms with Gasteiger partial charge in [0.1, 0.15) is 5.82 Å². The number of aryl methyl sites for hydroxylation is 1. The lowest BCUT2D eigenvalue weighted by Gasteiger charge is -2.09. The number of carbonyl (C=O) groups excluding carboxylic acids is 3. The van der Waals surface area contributed by atoms with Crippen LogP contribution >= 0.6 is 0 Å². The van der Waals surface area contributed by atoms with Gasteiger partial charge in [0, 0.05) is 18.7 Å². The molecule has 0 spiro atoms. The molecule has 0 atom stereocenters. The van der Waals surface area contributed by atoms with Crippen molar-refractivity contribution in [1.29, 1.82) is 0 Å². The largest absolute Gasteiger partial charge is 0.307 e. The fraction of sp³-hybridized carbons (Fsp3) is 0.143. The zero-order valence-corrected chi connectivity index (χ0v) is 15.5. The average Bonchev–Trinajstić information content (AvgIpc) is 3.14. The van der Waals surface area contributed by atoms with Crippen molar-refractivity contribution in [2.75, 3.05) is 12.4 Å². The van der Waals surface area contributed by atoms with E-state index in [9.17, 15) is 14.4 Å². The van der Waals surface area contributed by atoms with Gasteiger partial charge >= 0.3 is 0 Å². The molecule has 1 aliphatic rings. The number of amides is 3. The molecular formula is C21H18N4O3. The molecular weight excluding hydrogens is 356 g/mol. The molecule has 0 radical (unpaired) electrons. The minimum atomic E-state index is -0.403. The Balaban J connectivity index is 1.59. The number of imide groups is 1. The third-order valence-electron chi connectivity index (χ3n) is 4.67. The second-order valence-electron chi connectivity index (χ2n) is 6.70. The molecule has 7 heteroatoms. The molecule has 0 aliphatic carbocycles. The highest BCUT2D eigenvalue weighted by atomic mass is 16.2. The topological polar surface area (TPSA) is 84.3 Å². The lowest BCUT2D eigenvalue weighted by atomic mass is 10.1. The fourth-order valence-corrected chi connectivity index (χ4v) is 3.21. The molecule has 0 fully saturated rings. The fourth-order valence-electron chi connectivity index (χ4n) is 3.21. The van der Waals surface area contributed by atoms with E-state index in [1.165, 1.54) is 19.2 Å². The van der Waals surface area contributed by atoms with Gasteiger partial charge in [0.15, 0.2) is 0 Å². The Kier molecular flexibility index (Phi) is 4.27. The van der Waals surface area contributed by atoms with Crippen molar-refractivity contribution in [3.05, 3.63) is 82.5 Å². The highest BCUT2D eigenvalue weighted by Crippen LogP contribution is 2.23. The molecule has 1 aliphatic heterocycles. The molecule has 0 saturated carbocycles. The normalized spacial score (nSPS) is 13.0. The van der Waals surface area contributed by atoms with Crippen molar-refractivity contribution in [1.82, 2.24) is 14.7 Å². The first kappa shape index (κ1) is 17.7. The summed E-state index contributed by atoms with van der Waals surface area (Å²) in [6.45, 7) is 2.37. The van der Waals surface area contributed by atoms with Crippen LogP contribution in [0, 0.1) is 6.92 Å². The van der Waals surface area contributed by atoms with Gasteiger partial charge in [-0.25, -0.2) is 4.68 Å². The maximum absolute atomic E-state index is 12.7. The first-order valence-corrected chi connectivity index (χ1v) is 8.80. The molecule has 0 saturated heterocycles. The van der Waals surface area contributed by atoms with Crippen molar-refractivity contribution < 1.29 is 14.4 Å². The number of fused-ring (bicyclic) bond motifs is 1. The van der Waals surface area contributed by atoms with Gasteiger partial charge in [-0.1, -0.05) is 30.3 Å². The number of nitrogens with one attached hydrogen (secondary N) is 1. The van der Waals surface area contributed by atoms with Gasteiger partial charge in [-0.2, -0.15) is 5.10 Å². The van der Waals surface area contributed by atoms with E-state index in [0.29, 0.717) is 23.5 Å². The van der Waals surface area contributed by atoms with Gasteiger partial charge < -0.3 is 5.32 Å². The van der Waals surface area contributed by atoms with Crippen molar-refractivity contribution in [2.24, 2.45) is 0 Å². The van der Waals surface area contributed by atoms with Crippen LogP contribution in [-0.2, 0) is 6.54 Å². The first-order valence-electron chi connectivity index (χ1n) is 8.80. The number of anilines is 1. The van der Waals surface area contributed by atoms with Crippen molar-refractivity contribution in [2.45, 2.75) is 13.5 Å². The number of benzene rings is 2. The molecule has 0 unspecified atom stereocenters. The lowest BCUT2D eigenvalue weighted by Crippen LogP contribution is -2.24. The first-order chi connectivity index (χ1) is 13.4. The second-order valence-corrected chi connectivity index (χ2v) is 6.70. The maximum atomic E-state index is 12.7. The summed E-state index contributed by atoms with van der Waals surface area (Å²) >= 11 is 0. The predicted octanol–water partition coefficient (Wildman–Crippen LogP) is 2.72. The summed E-state index contributed by atoms with van der Waals surface area (Å²) in [4.78, 5) is 37.9. The zero-order chi connectivity index (χ0) is 19.8. The van der Waals surface area contributed by atoms with E-state index in [2.05, 4.69) is 10.4 Å². The SMILES string of the molecule is Cc1cc(NC(=O)c2ccc3c(c2)C(=O)N(C)C3=O)n(Cc2ccccc2)n1. The lowest BCUT2D eigenvalue weighted by molar-refractivity contribution is 0.0693. The molecule has 2 aromatic carbocycles. The number of rotatable bonds is 4. The summed E-state index contributed by atoms with van der Waals surface area (Å²) in [5.41, 5.74) is 2.71. The van der Waals surface area contributed by atoms with Gasteiger partial charge in [-0.15, -0.1) is 0 Å². The van der Waals surface area contributed by atoms with E-state index in [0.717, 1.165) is 16.2 Å². The standard InChI is InChI=1S/C21H18N4O3/c1-13-10-18(25(23-13)12-14-6-4-3-5-7-14)22-19(26)15-8-9-16-17(11-15)21(28)24(2)20(16)27/h3-11H,12H2,1-2H3,(H,22,26). The van der Waals surface area contributed by atoms with Crippen LogP contribution in [0.3, 0.4) is 0 Å². The summed E-state index contributed by atoms with van der Waals surface area (Å²) in [7, 11) is 1.43. The molecule has 28 heavy (non-hydrogen) atoms. The summed E-state index contributed by atoms with van der Waals surface area (Å²) in [6, 6.07) is 16.1. The Bertz CT molecular complexity index is 1100. The van der Waals surface area contributed by atoms with Gasteiger partial charge in [0.05, 0.1) is 23.4 Å². The van der Waals surface area contributed by atoms with E-state index < -0.39 is 5.91 Å². The molecule has 140 valence electrons. The van der Waals surface area contributed by atoms with Crippen LogP contribution in [0.2, 0.25) is 0 Å². The minimum absolute atomic E-state index is 0.245. The molecule has 3 aromatic rings. The van der Waals surface area contributed by atoms with E-state index in [1.807, 2.05) is 37.3 Å². The van der Waals surface area contributed by atoms with E-state index >= 15 is 0 Å². The maximum Gasteiger partial charge on any atom is 0.261 e. The minimum Gasteiger partial charge on any atom is -0.307 e. The molecule has 1 N–H and O–H groups in total. The molecule has 2 heterocycles. The van der Waals surface area contributed by atoms with Gasteiger partial charge in [0.25, 0.3) is 17.7 Å². The predicted molar refractivity (Wildman–Crippen MR) is 103 cm³/mol. The van der Waals surface area contributed by atoms with Crippen LogP contribution in [0.4, 0.5) is 5.82 Å². The highest BCUT2D eigenvalue weighted by molar-refractivity contribution is 6.22. The van der Waals surface area contributed by atoms with Crippen molar-refractivity contribution >= 4 is 23.5 Å². The number of hydrogen-bond donors (Lipinski definition) is 1. The quantitative estimate of drug-likeness (QED) is 0.712. The Labute approximate surface area is 161 Å². The van der Waals surface area contributed by atoms with Crippen LogP contribution in [0.1, 0.15) is 42.3 Å². The van der Waals surface area contributed by atoms with E-state index in [1.54, 1.807) is 16.8 Å². The second kappa shape index (κ2) is 6.77. The molecule has 3 amide bonds.